The van der Waals surface area contributed by atoms with Crippen LogP contribution in [0.5, 0.6) is 0 Å². The molecule has 0 saturated heterocycles. The van der Waals surface area contributed by atoms with E-state index in [0.29, 0.717) is 17.2 Å². The number of hydrogen-bond acceptors (Lipinski definition) is 3. The Labute approximate surface area is 114 Å². The van der Waals surface area contributed by atoms with Gasteiger partial charge in [0.1, 0.15) is 12.1 Å². The van der Waals surface area contributed by atoms with Crippen LogP contribution in [0.25, 0.3) is 0 Å². The fraction of sp³-hybridized carbons (Fsp3) is 0.500. The van der Waals surface area contributed by atoms with Gasteiger partial charge in [-0.15, -0.1) is 0 Å². The van der Waals surface area contributed by atoms with Crippen molar-refractivity contribution >= 4 is 5.69 Å². The monoisotopic (exact) mass is 253 g/mol. The normalized spacial score (nSPS) is 26.2. The molecule has 1 N–H and O–H groups in total. The molecule has 0 radical (unpaired) electrons. The number of nitrogens with zero attached hydrogens (tertiary/aromatic N) is 2. The van der Waals surface area contributed by atoms with E-state index < -0.39 is 0 Å². The molecular formula is C16H19N3. The molecule has 0 heterocycles. The van der Waals surface area contributed by atoms with Gasteiger partial charge >= 0.3 is 0 Å². The van der Waals surface area contributed by atoms with Crippen molar-refractivity contribution < 1.29 is 0 Å². The van der Waals surface area contributed by atoms with Gasteiger partial charge in [0, 0.05) is 11.7 Å². The number of nitrogens with one attached hydrogen (secondary N) is 1. The third-order valence-electron chi connectivity index (χ3n) is 4.23. The Hall–Kier alpha value is -2.00. The smallest absolute Gasteiger partial charge is 0.101 e. The summed E-state index contributed by atoms with van der Waals surface area (Å²) in [6.07, 6.45) is 3.59. The summed E-state index contributed by atoms with van der Waals surface area (Å²) in [6.45, 7) is 4.62. The molecule has 1 aromatic rings. The van der Waals surface area contributed by atoms with Crippen LogP contribution in [0.3, 0.4) is 0 Å². The van der Waals surface area contributed by atoms with Gasteiger partial charge < -0.3 is 5.32 Å². The van der Waals surface area contributed by atoms with Crippen LogP contribution in [-0.2, 0) is 0 Å². The molecule has 3 nitrogen and oxygen atoms in total. The molecular weight excluding hydrogens is 234 g/mol. The van der Waals surface area contributed by atoms with Gasteiger partial charge in [-0.1, -0.05) is 13.8 Å². The molecule has 1 saturated carbocycles. The highest BCUT2D eigenvalue weighted by atomic mass is 14.9. The SMILES string of the molecule is CC1CCC(Nc2ccc(C#N)c(C#N)c2)CC1C. The predicted octanol–water partition coefficient (Wildman–Crippen LogP) is 3.67. The minimum Gasteiger partial charge on any atom is -0.382 e. The Morgan fingerprint density at radius 1 is 1.05 bits per heavy atom. The molecule has 98 valence electrons. The topological polar surface area (TPSA) is 59.6 Å². The number of nitriles is 2. The van der Waals surface area contributed by atoms with Crippen molar-refractivity contribution in [3.63, 3.8) is 0 Å². The van der Waals surface area contributed by atoms with Crippen LogP contribution in [0, 0.1) is 34.5 Å². The van der Waals surface area contributed by atoms with Gasteiger partial charge in [0.15, 0.2) is 0 Å². The molecule has 1 fully saturated rings. The largest absolute Gasteiger partial charge is 0.382 e. The van der Waals surface area contributed by atoms with Crippen molar-refractivity contribution in [2.45, 2.75) is 39.2 Å². The lowest BCUT2D eigenvalue weighted by atomic mass is 9.79. The lowest BCUT2D eigenvalue weighted by Crippen LogP contribution is -2.30. The summed E-state index contributed by atoms with van der Waals surface area (Å²) < 4.78 is 0. The van der Waals surface area contributed by atoms with Gasteiger partial charge in [0.2, 0.25) is 0 Å². The van der Waals surface area contributed by atoms with Crippen LogP contribution in [0.4, 0.5) is 5.69 Å². The Morgan fingerprint density at radius 2 is 1.79 bits per heavy atom. The van der Waals surface area contributed by atoms with Gasteiger partial charge in [0.25, 0.3) is 0 Å². The zero-order chi connectivity index (χ0) is 13.8. The van der Waals surface area contributed by atoms with E-state index in [0.717, 1.165) is 17.5 Å². The standard InChI is InChI=1S/C16H19N3/c1-11-3-5-15(7-12(11)2)19-16-6-4-13(9-17)14(8-16)10-18/h4,6,8,11-12,15,19H,3,5,7H2,1-2H3. The van der Waals surface area contributed by atoms with Gasteiger partial charge in [-0.3, -0.25) is 0 Å². The van der Waals surface area contributed by atoms with Crippen LogP contribution < -0.4 is 5.32 Å². The van der Waals surface area contributed by atoms with Crippen molar-refractivity contribution in [2.24, 2.45) is 11.8 Å². The highest BCUT2D eigenvalue weighted by molar-refractivity contribution is 5.56. The molecule has 0 bridgehead atoms. The quantitative estimate of drug-likeness (QED) is 0.874. The third-order valence-corrected chi connectivity index (χ3v) is 4.23. The summed E-state index contributed by atoms with van der Waals surface area (Å²) in [4.78, 5) is 0. The van der Waals surface area contributed by atoms with E-state index in [2.05, 4.69) is 25.2 Å². The maximum Gasteiger partial charge on any atom is 0.101 e. The maximum absolute atomic E-state index is 9.03. The van der Waals surface area contributed by atoms with Crippen LogP contribution in [0.1, 0.15) is 44.2 Å². The molecule has 1 aliphatic carbocycles. The van der Waals surface area contributed by atoms with Gasteiger partial charge in [-0.25, -0.2) is 0 Å². The Morgan fingerprint density at radius 3 is 2.42 bits per heavy atom. The number of benzene rings is 1. The fourth-order valence-electron chi connectivity index (χ4n) is 2.74. The molecule has 0 aliphatic heterocycles. The van der Waals surface area contributed by atoms with Gasteiger partial charge in [-0.2, -0.15) is 10.5 Å². The highest BCUT2D eigenvalue weighted by Crippen LogP contribution is 2.31. The molecule has 2 rings (SSSR count). The predicted molar refractivity (Wildman–Crippen MR) is 75.5 cm³/mol. The van der Waals surface area contributed by atoms with Crippen LogP contribution in [0.2, 0.25) is 0 Å². The zero-order valence-corrected chi connectivity index (χ0v) is 11.5. The minimum absolute atomic E-state index is 0.443. The van der Waals surface area contributed by atoms with Crippen molar-refractivity contribution in [1.29, 1.82) is 10.5 Å². The number of anilines is 1. The zero-order valence-electron chi connectivity index (χ0n) is 11.5. The summed E-state index contributed by atoms with van der Waals surface area (Å²) in [5.74, 6) is 1.54. The molecule has 19 heavy (non-hydrogen) atoms. The summed E-state index contributed by atoms with van der Waals surface area (Å²) in [5, 5.41) is 21.4. The Bertz CT molecular complexity index is 536. The lowest BCUT2D eigenvalue weighted by Gasteiger charge is -2.33. The van der Waals surface area contributed by atoms with Gasteiger partial charge in [-0.05, 0) is 49.3 Å². The van der Waals surface area contributed by atoms with Gasteiger partial charge in [0.05, 0.1) is 11.1 Å². The first kappa shape index (κ1) is 13.4. The van der Waals surface area contributed by atoms with Crippen molar-refractivity contribution in [1.82, 2.24) is 0 Å². The van der Waals surface area contributed by atoms with E-state index >= 15 is 0 Å². The Kier molecular flexibility index (Phi) is 4.07. The summed E-state index contributed by atoms with van der Waals surface area (Å²) >= 11 is 0. The molecule has 3 heteroatoms. The maximum atomic E-state index is 9.03. The van der Waals surface area contributed by atoms with E-state index in [-0.39, 0.29) is 0 Å². The average molecular weight is 253 g/mol. The third kappa shape index (κ3) is 3.06. The first-order chi connectivity index (χ1) is 9.13. The van der Waals surface area contributed by atoms with E-state index in [9.17, 15) is 0 Å². The lowest BCUT2D eigenvalue weighted by molar-refractivity contribution is 0.261. The van der Waals surface area contributed by atoms with Crippen molar-refractivity contribution in [2.75, 3.05) is 5.32 Å². The molecule has 1 aliphatic rings. The van der Waals surface area contributed by atoms with E-state index in [1.165, 1.54) is 19.3 Å². The van der Waals surface area contributed by atoms with Crippen LogP contribution in [-0.4, -0.2) is 6.04 Å². The number of rotatable bonds is 2. The van der Waals surface area contributed by atoms with E-state index in [4.69, 9.17) is 10.5 Å². The molecule has 1 aromatic carbocycles. The molecule has 0 spiro atoms. The van der Waals surface area contributed by atoms with Crippen LogP contribution in [0.15, 0.2) is 18.2 Å². The molecule has 3 unspecified atom stereocenters. The first-order valence-electron chi connectivity index (χ1n) is 6.84. The highest BCUT2D eigenvalue weighted by Gasteiger charge is 2.24. The second-order valence-corrected chi connectivity index (χ2v) is 5.59. The van der Waals surface area contributed by atoms with E-state index in [1.54, 1.807) is 12.1 Å². The second-order valence-electron chi connectivity index (χ2n) is 5.59. The van der Waals surface area contributed by atoms with Crippen LogP contribution >= 0.6 is 0 Å². The van der Waals surface area contributed by atoms with E-state index in [1.807, 2.05) is 12.1 Å². The Balaban J connectivity index is 2.08. The summed E-state index contributed by atoms with van der Waals surface area (Å²) in [5.41, 5.74) is 1.84. The molecule has 0 aromatic heterocycles. The minimum atomic E-state index is 0.443. The second kappa shape index (κ2) is 5.76. The summed E-state index contributed by atoms with van der Waals surface area (Å²) in [6, 6.07) is 9.98. The number of hydrogen-bond donors (Lipinski definition) is 1. The van der Waals surface area contributed by atoms with Crippen molar-refractivity contribution in [3.8, 4) is 12.1 Å². The first-order valence-corrected chi connectivity index (χ1v) is 6.84. The average Bonchev–Trinajstić information content (AvgIpc) is 2.43. The summed E-state index contributed by atoms with van der Waals surface area (Å²) in [7, 11) is 0. The van der Waals surface area contributed by atoms with Crippen molar-refractivity contribution in [3.05, 3.63) is 29.3 Å². The molecule has 3 atom stereocenters. The molecule has 0 amide bonds. The fourth-order valence-corrected chi connectivity index (χ4v) is 2.74.